The molecule has 0 unspecified atom stereocenters. The van der Waals surface area contributed by atoms with Crippen LogP contribution in [0.3, 0.4) is 0 Å². The molecule has 0 fully saturated rings. The van der Waals surface area contributed by atoms with Gasteiger partial charge in [-0.15, -0.1) is 0 Å². The molecule has 200 valence electrons. The average Bonchev–Trinajstić information content (AvgIpc) is 3.41. The Labute approximate surface area is 229 Å². The minimum Gasteiger partial charge on any atom is -0.465 e. The minimum absolute atomic E-state index is 0.0670. The quantitative estimate of drug-likeness (QED) is 0.182. The third kappa shape index (κ3) is 5.46. The van der Waals surface area contributed by atoms with E-state index >= 15 is 0 Å². The number of esters is 1. The largest absolute Gasteiger partial charge is 0.465 e. The van der Waals surface area contributed by atoms with Crippen LogP contribution in [0.25, 0.3) is 10.9 Å². The molecular weight excluding hydrogens is 518 g/mol. The molecule has 10 heteroatoms. The van der Waals surface area contributed by atoms with Crippen LogP contribution in [0.5, 0.6) is 11.5 Å². The van der Waals surface area contributed by atoms with Crippen molar-refractivity contribution in [1.29, 1.82) is 0 Å². The Morgan fingerprint density at radius 2 is 1.90 bits per heavy atom. The molecule has 0 N–H and O–H groups in total. The number of rotatable bonds is 8. The van der Waals surface area contributed by atoms with Crippen LogP contribution in [0.1, 0.15) is 28.4 Å². The smallest absolute Gasteiger partial charge is 0.337 e. The van der Waals surface area contributed by atoms with Crippen molar-refractivity contribution in [3.8, 4) is 11.5 Å². The number of ether oxygens (including phenoxy) is 3. The molecule has 2 heterocycles. The molecule has 9 nitrogen and oxygen atoms in total. The van der Waals surface area contributed by atoms with E-state index in [1.165, 1.54) is 24.9 Å². The van der Waals surface area contributed by atoms with E-state index in [9.17, 15) is 14.4 Å². The fraction of sp³-hybridized carbons (Fsp3) is 0.241. The summed E-state index contributed by atoms with van der Waals surface area (Å²) in [5.74, 6) is 0.689. The molecule has 4 aromatic rings. The van der Waals surface area contributed by atoms with E-state index in [0.717, 1.165) is 16.8 Å². The molecule has 0 saturated carbocycles. The maximum absolute atomic E-state index is 13.7. The zero-order valence-corrected chi connectivity index (χ0v) is 22.6. The molecule has 39 heavy (non-hydrogen) atoms. The van der Waals surface area contributed by atoms with Crippen molar-refractivity contribution in [3.05, 3.63) is 87.7 Å². The number of hydrogen-bond acceptors (Lipinski definition) is 8. The van der Waals surface area contributed by atoms with E-state index in [1.807, 2.05) is 50.2 Å². The summed E-state index contributed by atoms with van der Waals surface area (Å²) in [7, 11) is 1.30. The molecule has 3 aromatic carbocycles. The summed E-state index contributed by atoms with van der Waals surface area (Å²) < 4.78 is 17.3. The van der Waals surface area contributed by atoms with Crippen LogP contribution in [-0.2, 0) is 16.1 Å². The first-order valence-corrected chi connectivity index (χ1v) is 13.4. The lowest BCUT2D eigenvalue weighted by Gasteiger charge is -2.21. The molecule has 1 aliphatic heterocycles. The van der Waals surface area contributed by atoms with Crippen molar-refractivity contribution in [2.45, 2.75) is 25.5 Å². The number of fused-ring (bicyclic) bond motifs is 2. The maximum atomic E-state index is 13.7. The van der Waals surface area contributed by atoms with Crippen LogP contribution < -0.4 is 19.9 Å². The van der Waals surface area contributed by atoms with E-state index in [4.69, 9.17) is 19.2 Å². The lowest BCUT2D eigenvalue weighted by atomic mass is 10.1. The number of aromatic nitrogens is 2. The number of nitrogens with zero attached hydrogens (tertiary/aromatic N) is 3. The van der Waals surface area contributed by atoms with Crippen LogP contribution in [0, 0.1) is 6.92 Å². The summed E-state index contributed by atoms with van der Waals surface area (Å²) in [6.07, 6.45) is 0. The SMILES string of the molecule is CCN(C(=O)CSc1nc2cc(C(=O)OC)ccc2c(=O)n1Cc1ccc2c(c1)OCO2)c1cccc(C)c1. The predicted molar refractivity (Wildman–Crippen MR) is 149 cm³/mol. The van der Waals surface area contributed by atoms with E-state index in [-0.39, 0.29) is 36.1 Å². The molecule has 0 saturated heterocycles. The van der Waals surface area contributed by atoms with Gasteiger partial charge in [-0.25, -0.2) is 9.78 Å². The van der Waals surface area contributed by atoms with Gasteiger partial charge in [0.25, 0.3) is 5.56 Å². The highest BCUT2D eigenvalue weighted by Crippen LogP contribution is 2.33. The normalized spacial score (nSPS) is 12.0. The summed E-state index contributed by atoms with van der Waals surface area (Å²) in [5, 5.41) is 0.717. The molecule has 5 rings (SSSR count). The highest BCUT2D eigenvalue weighted by Gasteiger charge is 2.20. The monoisotopic (exact) mass is 545 g/mol. The second kappa shape index (κ2) is 11.2. The van der Waals surface area contributed by atoms with Gasteiger partial charge in [0.1, 0.15) is 0 Å². The van der Waals surface area contributed by atoms with Crippen molar-refractivity contribution >= 4 is 40.2 Å². The highest BCUT2D eigenvalue weighted by molar-refractivity contribution is 7.99. The Hall–Kier alpha value is -4.31. The Morgan fingerprint density at radius 3 is 2.67 bits per heavy atom. The average molecular weight is 546 g/mol. The number of anilines is 1. The number of amides is 1. The minimum atomic E-state index is -0.524. The molecule has 0 bridgehead atoms. The third-order valence-electron chi connectivity index (χ3n) is 6.37. The first kappa shape index (κ1) is 26.3. The van der Waals surface area contributed by atoms with Gasteiger partial charge < -0.3 is 19.1 Å². The number of aryl methyl sites for hydroxylation is 1. The van der Waals surface area contributed by atoms with E-state index in [1.54, 1.807) is 27.7 Å². The molecule has 1 amide bonds. The number of thioether (sulfide) groups is 1. The van der Waals surface area contributed by atoms with Gasteiger partial charge >= 0.3 is 5.97 Å². The second-order valence-electron chi connectivity index (χ2n) is 8.96. The summed E-state index contributed by atoms with van der Waals surface area (Å²) >= 11 is 1.18. The first-order chi connectivity index (χ1) is 18.9. The number of benzene rings is 3. The van der Waals surface area contributed by atoms with Gasteiger partial charge in [0.05, 0.1) is 35.9 Å². The van der Waals surface area contributed by atoms with Crippen molar-refractivity contribution in [3.63, 3.8) is 0 Å². The van der Waals surface area contributed by atoms with Gasteiger partial charge in [0.15, 0.2) is 16.7 Å². The summed E-state index contributed by atoms with van der Waals surface area (Å²) in [5.41, 5.74) is 3.04. The van der Waals surface area contributed by atoms with Crippen LogP contribution in [-0.4, -0.2) is 47.6 Å². The number of hydrogen-bond donors (Lipinski definition) is 0. The fourth-order valence-corrected chi connectivity index (χ4v) is 5.29. The molecular formula is C29H27N3O6S. The molecule has 0 spiro atoms. The van der Waals surface area contributed by atoms with Gasteiger partial charge in [-0.1, -0.05) is 30.0 Å². The highest BCUT2D eigenvalue weighted by atomic mass is 32.2. The topological polar surface area (TPSA) is 100.0 Å². The van der Waals surface area contributed by atoms with Crippen molar-refractivity contribution in [2.24, 2.45) is 0 Å². The van der Waals surface area contributed by atoms with Gasteiger partial charge in [-0.3, -0.25) is 14.2 Å². The lowest BCUT2D eigenvalue weighted by molar-refractivity contribution is -0.116. The van der Waals surface area contributed by atoms with Gasteiger partial charge in [0, 0.05) is 12.2 Å². The first-order valence-electron chi connectivity index (χ1n) is 12.4. The van der Waals surface area contributed by atoms with Crippen LogP contribution in [0.4, 0.5) is 5.69 Å². The van der Waals surface area contributed by atoms with Crippen LogP contribution in [0.2, 0.25) is 0 Å². The molecule has 0 aliphatic carbocycles. The third-order valence-corrected chi connectivity index (χ3v) is 7.34. The predicted octanol–water partition coefficient (Wildman–Crippen LogP) is 4.41. The summed E-state index contributed by atoms with van der Waals surface area (Å²) in [6, 6.07) is 17.9. The second-order valence-corrected chi connectivity index (χ2v) is 9.90. The Balaban J connectivity index is 1.51. The Bertz CT molecular complexity index is 1630. The molecule has 0 atom stereocenters. The standard InChI is InChI=1S/C29H27N3O6S/c1-4-31(21-7-5-6-18(2)12-21)26(33)16-39-29-30-23-14-20(28(35)36-3)9-10-22(23)27(34)32(29)15-19-8-11-24-25(13-19)38-17-37-24/h5-14H,4,15-17H2,1-3H3. The molecule has 1 aromatic heterocycles. The van der Waals surface area contributed by atoms with Crippen molar-refractivity contribution in [2.75, 3.05) is 31.1 Å². The number of methoxy groups -OCH3 is 1. The van der Waals surface area contributed by atoms with E-state index < -0.39 is 5.97 Å². The zero-order chi connectivity index (χ0) is 27.5. The zero-order valence-electron chi connectivity index (χ0n) is 21.8. The van der Waals surface area contributed by atoms with Gasteiger partial charge in [0.2, 0.25) is 12.7 Å². The Morgan fingerprint density at radius 1 is 1.08 bits per heavy atom. The Kier molecular flexibility index (Phi) is 7.56. The van der Waals surface area contributed by atoms with Gasteiger partial charge in [-0.2, -0.15) is 0 Å². The lowest BCUT2D eigenvalue weighted by Crippen LogP contribution is -2.32. The fourth-order valence-electron chi connectivity index (χ4n) is 4.42. The molecule has 1 aliphatic rings. The number of carbonyl (C=O) groups excluding carboxylic acids is 2. The van der Waals surface area contributed by atoms with Crippen LogP contribution in [0.15, 0.2) is 70.6 Å². The molecule has 0 radical (unpaired) electrons. The summed E-state index contributed by atoms with van der Waals surface area (Å²) in [4.78, 5) is 45.5. The maximum Gasteiger partial charge on any atom is 0.337 e. The van der Waals surface area contributed by atoms with Crippen LogP contribution >= 0.6 is 11.8 Å². The van der Waals surface area contributed by atoms with E-state index in [0.29, 0.717) is 34.1 Å². The van der Waals surface area contributed by atoms with Crippen molar-refractivity contribution < 1.29 is 23.8 Å². The van der Waals surface area contributed by atoms with Gasteiger partial charge in [-0.05, 0) is 67.4 Å². The van der Waals surface area contributed by atoms with E-state index in [2.05, 4.69) is 0 Å². The number of carbonyl (C=O) groups is 2. The van der Waals surface area contributed by atoms with Crippen molar-refractivity contribution in [1.82, 2.24) is 9.55 Å². The summed E-state index contributed by atoms with van der Waals surface area (Å²) in [6.45, 7) is 4.76.